The fourth-order valence-electron chi connectivity index (χ4n) is 1.62. The summed E-state index contributed by atoms with van der Waals surface area (Å²) in [7, 11) is 0. The first-order valence-electron chi connectivity index (χ1n) is 5.77. The molecule has 0 aliphatic heterocycles. The average Bonchev–Trinajstić information content (AvgIpc) is 2.88. The second-order valence-electron chi connectivity index (χ2n) is 3.86. The molecule has 1 heterocycles. The minimum absolute atomic E-state index is 0.138. The van der Waals surface area contributed by atoms with Crippen LogP contribution in [0.25, 0.3) is 0 Å². The van der Waals surface area contributed by atoms with E-state index in [1.54, 1.807) is 30.5 Å². The van der Waals surface area contributed by atoms with Crippen molar-refractivity contribution in [2.45, 2.75) is 13.0 Å². The lowest BCUT2D eigenvalue weighted by molar-refractivity contribution is 0.0953. The van der Waals surface area contributed by atoms with Crippen LogP contribution in [0.1, 0.15) is 16.8 Å². The maximum absolute atomic E-state index is 11.8. The summed E-state index contributed by atoms with van der Waals surface area (Å²) >= 11 is 5.94. The fourth-order valence-corrected chi connectivity index (χ4v) is 1.84. The monoisotopic (exact) mass is 263 g/mol. The molecule has 1 aromatic carbocycles. The van der Waals surface area contributed by atoms with Gasteiger partial charge in [-0.3, -0.25) is 9.48 Å². The molecule has 5 heteroatoms. The van der Waals surface area contributed by atoms with E-state index in [0.717, 1.165) is 13.0 Å². The van der Waals surface area contributed by atoms with Gasteiger partial charge in [-0.1, -0.05) is 23.7 Å². The van der Waals surface area contributed by atoms with E-state index < -0.39 is 0 Å². The first-order valence-corrected chi connectivity index (χ1v) is 6.15. The molecule has 0 aliphatic carbocycles. The first kappa shape index (κ1) is 12.6. The number of hydrogen-bond acceptors (Lipinski definition) is 2. The van der Waals surface area contributed by atoms with Crippen molar-refractivity contribution >= 4 is 17.5 Å². The van der Waals surface area contributed by atoms with Crippen LogP contribution in [0.2, 0.25) is 5.02 Å². The van der Waals surface area contributed by atoms with Gasteiger partial charge in [0.1, 0.15) is 0 Å². The van der Waals surface area contributed by atoms with Gasteiger partial charge in [-0.2, -0.15) is 5.10 Å². The summed E-state index contributed by atoms with van der Waals surface area (Å²) in [6.07, 6.45) is 4.47. The van der Waals surface area contributed by atoms with Crippen molar-refractivity contribution in [3.8, 4) is 0 Å². The SMILES string of the molecule is O=C(NCCCn1cccn1)c1ccccc1Cl. The van der Waals surface area contributed by atoms with E-state index in [1.165, 1.54) is 0 Å². The second-order valence-corrected chi connectivity index (χ2v) is 4.27. The van der Waals surface area contributed by atoms with Gasteiger partial charge in [-0.25, -0.2) is 0 Å². The Hall–Kier alpha value is -1.81. The van der Waals surface area contributed by atoms with Crippen LogP contribution >= 0.6 is 11.6 Å². The van der Waals surface area contributed by atoms with E-state index in [4.69, 9.17) is 11.6 Å². The molecule has 1 amide bonds. The van der Waals surface area contributed by atoms with E-state index in [2.05, 4.69) is 10.4 Å². The molecule has 0 spiro atoms. The number of aryl methyl sites for hydroxylation is 1. The molecule has 18 heavy (non-hydrogen) atoms. The number of benzene rings is 1. The average molecular weight is 264 g/mol. The van der Waals surface area contributed by atoms with Crippen molar-refractivity contribution in [1.82, 2.24) is 15.1 Å². The summed E-state index contributed by atoms with van der Waals surface area (Å²) in [4.78, 5) is 11.8. The predicted octanol–water partition coefficient (Wildman–Crippen LogP) is 2.36. The predicted molar refractivity (Wildman–Crippen MR) is 70.6 cm³/mol. The van der Waals surface area contributed by atoms with Gasteiger partial charge in [0.2, 0.25) is 0 Å². The molecule has 94 valence electrons. The van der Waals surface area contributed by atoms with Crippen molar-refractivity contribution in [3.05, 3.63) is 53.3 Å². The van der Waals surface area contributed by atoms with Crippen LogP contribution in [-0.4, -0.2) is 22.2 Å². The number of aromatic nitrogens is 2. The van der Waals surface area contributed by atoms with E-state index in [9.17, 15) is 4.79 Å². The lowest BCUT2D eigenvalue weighted by Gasteiger charge is -2.06. The van der Waals surface area contributed by atoms with Crippen LogP contribution < -0.4 is 5.32 Å². The van der Waals surface area contributed by atoms with E-state index in [-0.39, 0.29) is 5.91 Å². The number of nitrogens with zero attached hydrogens (tertiary/aromatic N) is 2. The maximum atomic E-state index is 11.8. The molecule has 0 aliphatic rings. The van der Waals surface area contributed by atoms with Crippen LogP contribution in [0.5, 0.6) is 0 Å². The lowest BCUT2D eigenvalue weighted by atomic mass is 10.2. The summed E-state index contributed by atoms with van der Waals surface area (Å²) in [6.45, 7) is 1.39. The normalized spacial score (nSPS) is 10.3. The van der Waals surface area contributed by atoms with Gasteiger partial charge >= 0.3 is 0 Å². The number of carbonyl (C=O) groups is 1. The third-order valence-electron chi connectivity index (χ3n) is 2.53. The molecule has 0 radical (unpaired) electrons. The highest BCUT2D eigenvalue weighted by Gasteiger charge is 2.07. The van der Waals surface area contributed by atoms with E-state index >= 15 is 0 Å². The van der Waals surface area contributed by atoms with Crippen LogP contribution in [0, 0.1) is 0 Å². The van der Waals surface area contributed by atoms with Crippen molar-refractivity contribution in [2.75, 3.05) is 6.54 Å². The third kappa shape index (κ3) is 3.34. The molecule has 0 bridgehead atoms. The first-order chi connectivity index (χ1) is 8.77. The summed E-state index contributed by atoms with van der Waals surface area (Å²) in [5, 5.41) is 7.40. The summed E-state index contributed by atoms with van der Waals surface area (Å²) in [5.41, 5.74) is 0.512. The number of amides is 1. The minimum Gasteiger partial charge on any atom is -0.352 e. The smallest absolute Gasteiger partial charge is 0.252 e. The maximum Gasteiger partial charge on any atom is 0.252 e. The Balaban J connectivity index is 1.77. The Labute approximate surface area is 111 Å². The molecule has 0 fully saturated rings. The van der Waals surface area contributed by atoms with Gasteiger partial charge < -0.3 is 5.32 Å². The van der Waals surface area contributed by atoms with Gasteiger partial charge in [-0.15, -0.1) is 0 Å². The number of rotatable bonds is 5. The highest BCUT2D eigenvalue weighted by atomic mass is 35.5. The number of hydrogen-bond donors (Lipinski definition) is 1. The Morgan fingerprint density at radius 2 is 2.17 bits per heavy atom. The fraction of sp³-hybridized carbons (Fsp3) is 0.231. The van der Waals surface area contributed by atoms with Gasteiger partial charge in [-0.05, 0) is 24.6 Å². The summed E-state index contributed by atoms with van der Waals surface area (Å²) < 4.78 is 1.83. The number of carbonyl (C=O) groups excluding carboxylic acids is 1. The third-order valence-corrected chi connectivity index (χ3v) is 2.86. The minimum atomic E-state index is -0.138. The highest BCUT2D eigenvalue weighted by Crippen LogP contribution is 2.14. The van der Waals surface area contributed by atoms with Crippen molar-refractivity contribution in [1.29, 1.82) is 0 Å². The quantitative estimate of drug-likeness (QED) is 0.842. The Morgan fingerprint density at radius 1 is 1.33 bits per heavy atom. The Bertz CT molecular complexity index is 511. The molecule has 0 unspecified atom stereocenters. The lowest BCUT2D eigenvalue weighted by Crippen LogP contribution is -2.25. The Kier molecular flexibility index (Phi) is 4.36. The number of nitrogens with one attached hydrogen (secondary N) is 1. The van der Waals surface area contributed by atoms with Gasteiger partial charge in [0, 0.05) is 25.5 Å². The summed E-state index contributed by atoms with van der Waals surface area (Å²) in [5.74, 6) is -0.138. The molecular weight excluding hydrogens is 250 g/mol. The van der Waals surface area contributed by atoms with Gasteiger partial charge in [0.15, 0.2) is 0 Å². The van der Waals surface area contributed by atoms with Crippen molar-refractivity contribution < 1.29 is 4.79 Å². The zero-order valence-electron chi connectivity index (χ0n) is 9.84. The molecule has 0 atom stereocenters. The molecule has 1 N–H and O–H groups in total. The molecule has 0 saturated carbocycles. The molecule has 0 saturated heterocycles. The number of halogens is 1. The standard InChI is InChI=1S/C13H14ClN3O/c14-12-6-2-1-5-11(12)13(18)15-7-3-9-17-10-4-8-16-17/h1-2,4-6,8,10H,3,7,9H2,(H,15,18). The van der Waals surface area contributed by atoms with E-state index in [0.29, 0.717) is 17.1 Å². The topological polar surface area (TPSA) is 46.9 Å². The molecule has 1 aromatic heterocycles. The van der Waals surface area contributed by atoms with E-state index in [1.807, 2.05) is 16.9 Å². The largest absolute Gasteiger partial charge is 0.352 e. The van der Waals surface area contributed by atoms with Gasteiger partial charge in [0.05, 0.1) is 10.6 Å². The molecule has 2 rings (SSSR count). The van der Waals surface area contributed by atoms with Crippen LogP contribution in [0.3, 0.4) is 0 Å². The van der Waals surface area contributed by atoms with Crippen LogP contribution in [0.4, 0.5) is 0 Å². The zero-order chi connectivity index (χ0) is 12.8. The van der Waals surface area contributed by atoms with Crippen molar-refractivity contribution in [2.24, 2.45) is 0 Å². The van der Waals surface area contributed by atoms with Crippen LogP contribution in [-0.2, 0) is 6.54 Å². The molecule has 2 aromatic rings. The Morgan fingerprint density at radius 3 is 2.89 bits per heavy atom. The highest BCUT2D eigenvalue weighted by molar-refractivity contribution is 6.33. The zero-order valence-corrected chi connectivity index (χ0v) is 10.6. The van der Waals surface area contributed by atoms with Gasteiger partial charge in [0.25, 0.3) is 5.91 Å². The second kappa shape index (κ2) is 6.21. The molecule has 4 nitrogen and oxygen atoms in total. The summed E-state index contributed by atoms with van der Waals surface area (Å²) in [6, 6.07) is 8.90. The van der Waals surface area contributed by atoms with Crippen molar-refractivity contribution in [3.63, 3.8) is 0 Å². The molecular formula is C13H14ClN3O. The van der Waals surface area contributed by atoms with Crippen LogP contribution in [0.15, 0.2) is 42.7 Å².